The molecule has 0 atom stereocenters. The minimum atomic E-state index is -0.354. The van der Waals surface area contributed by atoms with E-state index in [1.165, 1.54) is 0 Å². The van der Waals surface area contributed by atoms with Gasteiger partial charge in [0.15, 0.2) is 5.88 Å². The van der Waals surface area contributed by atoms with Crippen molar-refractivity contribution in [2.24, 2.45) is 0 Å². The second-order valence-electron chi connectivity index (χ2n) is 5.53. The Morgan fingerprint density at radius 3 is 2.52 bits per heavy atom. The summed E-state index contributed by atoms with van der Waals surface area (Å²) >= 11 is 0. The lowest BCUT2D eigenvalue weighted by atomic mass is 10.0. The van der Waals surface area contributed by atoms with Crippen LogP contribution >= 0.6 is 0 Å². The van der Waals surface area contributed by atoms with Crippen molar-refractivity contribution in [2.75, 3.05) is 6.67 Å². The van der Waals surface area contributed by atoms with Gasteiger partial charge in [0.2, 0.25) is 0 Å². The van der Waals surface area contributed by atoms with Crippen LogP contribution in [0.1, 0.15) is 5.56 Å². The number of halogens is 1. The number of aromatic hydroxyl groups is 1. The Kier molecular flexibility index (Phi) is 3.23. The van der Waals surface area contributed by atoms with E-state index in [0.717, 1.165) is 27.7 Å². The summed E-state index contributed by atoms with van der Waals surface area (Å²) in [5, 5.41) is 10.4. The van der Waals surface area contributed by atoms with Crippen LogP contribution in [0, 0.1) is 0 Å². The molecule has 0 unspecified atom stereocenters. The van der Waals surface area contributed by atoms with Crippen LogP contribution in [0.15, 0.2) is 60.7 Å². The van der Waals surface area contributed by atoms with Gasteiger partial charge in [0.1, 0.15) is 5.65 Å². The minimum Gasteiger partial charge on any atom is -0.494 e. The van der Waals surface area contributed by atoms with Crippen molar-refractivity contribution in [1.82, 2.24) is 9.38 Å². The zero-order valence-corrected chi connectivity index (χ0v) is 12.4. The molecule has 4 rings (SSSR count). The monoisotopic (exact) mass is 306 g/mol. The Morgan fingerprint density at radius 2 is 1.74 bits per heavy atom. The van der Waals surface area contributed by atoms with Crippen molar-refractivity contribution < 1.29 is 9.50 Å². The summed E-state index contributed by atoms with van der Waals surface area (Å²) in [4.78, 5) is 4.56. The predicted octanol–water partition coefficient (Wildman–Crippen LogP) is 4.37. The first-order valence-corrected chi connectivity index (χ1v) is 7.52. The Balaban J connectivity index is 1.86. The quantitative estimate of drug-likeness (QED) is 0.610. The molecule has 0 radical (unpaired) electrons. The molecule has 0 amide bonds. The number of hydrogen-bond donors (Lipinski definition) is 1. The predicted molar refractivity (Wildman–Crippen MR) is 89.5 cm³/mol. The number of pyridine rings is 1. The van der Waals surface area contributed by atoms with Gasteiger partial charge in [-0.25, -0.2) is 4.98 Å². The van der Waals surface area contributed by atoms with Crippen molar-refractivity contribution in [1.29, 1.82) is 0 Å². The van der Waals surface area contributed by atoms with Crippen LogP contribution in [0.2, 0.25) is 0 Å². The molecular formula is C19H15FN2O. The highest BCUT2D eigenvalue weighted by molar-refractivity contribution is 5.83. The number of nitrogens with zero attached hydrogens (tertiary/aromatic N) is 2. The van der Waals surface area contributed by atoms with Gasteiger partial charge in [0.05, 0.1) is 17.7 Å². The van der Waals surface area contributed by atoms with Gasteiger partial charge in [-0.15, -0.1) is 0 Å². The van der Waals surface area contributed by atoms with Crippen molar-refractivity contribution in [3.8, 4) is 17.0 Å². The van der Waals surface area contributed by atoms with Crippen LogP contribution in [0.5, 0.6) is 5.88 Å². The number of alkyl halides is 1. The van der Waals surface area contributed by atoms with Crippen molar-refractivity contribution in [3.63, 3.8) is 0 Å². The molecule has 0 fully saturated rings. The molecule has 0 aliphatic rings. The molecule has 1 N–H and O–H groups in total. The van der Waals surface area contributed by atoms with E-state index in [9.17, 15) is 9.50 Å². The number of aromatic nitrogens is 2. The Hall–Kier alpha value is -2.88. The highest BCUT2D eigenvalue weighted by Gasteiger charge is 2.10. The average Bonchev–Trinajstić information content (AvgIpc) is 2.94. The molecule has 2 aromatic carbocycles. The van der Waals surface area contributed by atoms with E-state index in [2.05, 4.69) is 4.98 Å². The molecule has 0 aliphatic carbocycles. The summed E-state index contributed by atoms with van der Waals surface area (Å²) in [5.74, 6) is 0.152. The van der Waals surface area contributed by atoms with E-state index in [-0.39, 0.29) is 12.6 Å². The molecule has 0 saturated carbocycles. The third-order valence-corrected chi connectivity index (χ3v) is 4.06. The molecule has 0 aliphatic heterocycles. The number of imidazole rings is 1. The fourth-order valence-electron chi connectivity index (χ4n) is 2.91. The second-order valence-corrected chi connectivity index (χ2v) is 5.53. The van der Waals surface area contributed by atoms with Crippen LogP contribution in [-0.2, 0) is 6.42 Å². The second kappa shape index (κ2) is 5.39. The van der Waals surface area contributed by atoms with Gasteiger partial charge >= 0.3 is 0 Å². The third kappa shape index (κ3) is 2.32. The average molecular weight is 306 g/mol. The van der Waals surface area contributed by atoms with Crippen molar-refractivity contribution in [3.05, 3.63) is 66.2 Å². The number of benzene rings is 2. The highest BCUT2D eigenvalue weighted by atomic mass is 19.1. The summed E-state index contributed by atoms with van der Waals surface area (Å²) in [5.41, 5.74) is 5.25. The number of aryl methyl sites for hydroxylation is 1. The van der Waals surface area contributed by atoms with Gasteiger partial charge in [0, 0.05) is 12.5 Å². The molecule has 0 saturated heterocycles. The minimum absolute atomic E-state index is 0.152. The van der Waals surface area contributed by atoms with Gasteiger partial charge in [0.25, 0.3) is 0 Å². The van der Waals surface area contributed by atoms with Gasteiger partial charge in [-0.05, 0) is 34.9 Å². The Morgan fingerprint density at radius 1 is 0.957 bits per heavy atom. The fraction of sp³-hybridized carbons (Fsp3) is 0.105. The van der Waals surface area contributed by atoms with E-state index in [1.807, 2.05) is 54.6 Å². The smallest absolute Gasteiger partial charge is 0.197 e. The molecule has 4 heteroatoms. The fourth-order valence-corrected chi connectivity index (χ4v) is 2.91. The molecule has 0 spiro atoms. The van der Waals surface area contributed by atoms with Gasteiger partial charge in [-0.1, -0.05) is 36.4 Å². The third-order valence-electron chi connectivity index (χ3n) is 4.06. The number of hydrogen-bond acceptors (Lipinski definition) is 2. The summed E-state index contributed by atoms with van der Waals surface area (Å²) in [6.45, 7) is -0.354. The molecule has 2 heterocycles. The summed E-state index contributed by atoms with van der Waals surface area (Å²) < 4.78 is 14.1. The van der Waals surface area contributed by atoms with Crippen molar-refractivity contribution >= 4 is 16.7 Å². The van der Waals surface area contributed by atoms with Crippen molar-refractivity contribution in [2.45, 2.75) is 6.42 Å². The van der Waals surface area contributed by atoms with Crippen LogP contribution in [0.25, 0.3) is 27.8 Å². The molecule has 114 valence electrons. The zero-order chi connectivity index (χ0) is 15.8. The van der Waals surface area contributed by atoms with Gasteiger partial charge in [-0.3, -0.25) is 8.79 Å². The number of rotatable bonds is 3. The van der Waals surface area contributed by atoms with Gasteiger partial charge in [-0.2, -0.15) is 0 Å². The first-order chi connectivity index (χ1) is 11.3. The van der Waals surface area contributed by atoms with E-state index >= 15 is 0 Å². The molecule has 4 aromatic rings. The SMILES string of the molecule is Oc1cc(-c2ccc(CCF)cc2)cc2nc3ccccc3n12. The Bertz CT molecular complexity index is 990. The first-order valence-electron chi connectivity index (χ1n) is 7.52. The molecule has 23 heavy (non-hydrogen) atoms. The van der Waals surface area contributed by atoms with Crippen LogP contribution in [0.3, 0.4) is 0 Å². The summed E-state index contributed by atoms with van der Waals surface area (Å²) in [7, 11) is 0. The van der Waals surface area contributed by atoms with Gasteiger partial charge < -0.3 is 5.11 Å². The Labute approximate surface area is 132 Å². The maximum Gasteiger partial charge on any atom is 0.197 e. The largest absolute Gasteiger partial charge is 0.494 e. The normalized spacial score (nSPS) is 11.3. The molecular weight excluding hydrogens is 291 g/mol. The van der Waals surface area contributed by atoms with E-state index < -0.39 is 0 Å². The van der Waals surface area contributed by atoms with E-state index in [4.69, 9.17) is 0 Å². The first kappa shape index (κ1) is 13.8. The van der Waals surface area contributed by atoms with Crippen LogP contribution in [0.4, 0.5) is 4.39 Å². The number of para-hydroxylation sites is 2. The lowest BCUT2D eigenvalue weighted by Gasteiger charge is -2.06. The van der Waals surface area contributed by atoms with Crippen LogP contribution < -0.4 is 0 Å². The van der Waals surface area contributed by atoms with E-state index in [0.29, 0.717) is 12.1 Å². The van der Waals surface area contributed by atoms with E-state index in [1.54, 1.807) is 10.5 Å². The molecule has 2 aromatic heterocycles. The maximum atomic E-state index is 12.4. The molecule has 3 nitrogen and oxygen atoms in total. The standard InChI is InChI=1S/C19H15FN2O/c20-10-9-13-5-7-14(8-6-13)15-11-18-21-16-3-1-2-4-17(16)22(18)19(23)12-15/h1-8,11-12,23H,9-10H2. The topological polar surface area (TPSA) is 37.5 Å². The highest BCUT2D eigenvalue weighted by Crippen LogP contribution is 2.29. The van der Waals surface area contributed by atoms with Crippen LogP contribution in [-0.4, -0.2) is 21.2 Å². The molecule has 0 bridgehead atoms. The number of fused-ring (bicyclic) bond motifs is 3. The lowest BCUT2D eigenvalue weighted by Crippen LogP contribution is -1.89. The lowest BCUT2D eigenvalue weighted by molar-refractivity contribution is 0.449. The summed E-state index contributed by atoms with van der Waals surface area (Å²) in [6.07, 6.45) is 0.427. The maximum absolute atomic E-state index is 12.4. The zero-order valence-electron chi connectivity index (χ0n) is 12.4. The summed E-state index contributed by atoms with van der Waals surface area (Å²) in [6, 6.07) is 19.1.